The van der Waals surface area contributed by atoms with Crippen LogP contribution in [0.25, 0.3) is 11.3 Å². The van der Waals surface area contributed by atoms with Crippen molar-refractivity contribution in [2.24, 2.45) is 12.8 Å². The Morgan fingerprint density at radius 1 is 1.38 bits per heavy atom. The number of halogens is 1. The number of hydrogen-bond donors (Lipinski definition) is 1. The van der Waals surface area contributed by atoms with Gasteiger partial charge in [-0.15, -0.1) is 0 Å². The summed E-state index contributed by atoms with van der Waals surface area (Å²) in [6.45, 7) is 2.57. The van der Waals surface area contributed by atoms with Crippen molar-refractivity contribution in [2.45, 2.75) is 13.5 Å². The first kappa shape index (κ1) is 11.4. The predicted octanol–water partition coefficient (Wildman–Crippen LogP) is 2.62. The van der Waals surface area contributed by atoms with Gasteiger partial charge in [-0.1, -0.05) is 22.0 Å². The Hall–Kier alpha value is -1.13. The second kappa shape index (κ2) is 4.39. The van der Waals surface area contributed by atoms with Gasteiger partial charge in [-0.25, -0.2) is 0 Å². The van der Waals surface area contributed by atoms with E-state index in [1.807, 2.05) is 23.9 Å². The molecule has 16 heavy (non-hydrogen) atoms. The number of aryl methyl sites for hydroxylation is 2. The molecule has 0 radical (unpaired) electrons. The van der Waals surface area contributed by atoms with Gasteiger partial charge in [0.05, 0.1) is 11.4 Å². The van der Waals surface area contributed by atoms with Crippen LogP contribution in [0.4, 0.5) is 0 Å². The van der Waals surface area contributed by atoms with E-state index < -0.39 is 0 Å². The van der Waals surface area contributed by atoms with Gasteiger partial charge < -0.3 is 5.73 Å². The van der Waals surface area contributed by atoms with Crippen LogP contribution in [0.1, 0.15) is 11.3 Å². The molecule has 84 valence electrons. The maximum absolute atomic E-state index is 5.59. The third-order valence-electron chi connectivity index (χ3n) is 2.62. The van der Waals surface area contributed by atoms with E-state index in [2.05, 4.69) is 40.1 Å². The number of nitrogens with zero attached hydrogens (tertiary/aromatic N) is 2. The molecule has 0 bridgehead atoms. The fourth-order valence-corrected chi connectivity index (χ4v) is 2.11. The van der Waals surface area contributed by atoms with Crippen molar-refractivity contribution in [1.29, 1.82) is 0 Å². The van der Waals surface area contributed by atoms with Crippen LogP contribution < -0.4 is 5.73 Å². The van der Waals surface area contributed by atoms with E-state index >= 15 is 0 Å². The van der Waals surface area contributed by atoms with Crippen molar-refractivity contribution >= 4 is 15.9 Å². The Morgan fingerprint density at radius 3 is 2.75 bits per heavy atom. The zero-order chi connectivity index (χ0) is 11.7. The third kappa shape index (κ3) is 2.03. The first-order chi connectivity index (χ1) is 7.61. The first-order valence-electron chi connectivity index (χ1n) is 5.11. The Kier molecular flexibility index (Phi) is 3.12. The van der Waals surface area contributed by atoms with Gasteiger partial charge in [0, 0.05) is 23.6 Å². The molecule has 2 N–H and O–H groups in total. The summed E-state index contributed by atoms with van der Waals surface area (Å²) in [5.41, 5.74) is 10.0. The number of aromatic nitrogens is 2. The lowest BCUT2D eigenvalue weighted by Gasteiger charge is -2.06. The molecular formula is C12H14BrN3. The molecule has 0 aliphatic rings. The minimum absolute atomic E-state index is 0.473. The van der Waals surface area contributed by atoms with Gasteiger partial charge in [0.1, 0.15) is 0 Å². The summed E-state index contributed by atoms with van der Waals surface area (Å²) in [4.78, 5) is 0. The maximum Gasteiger partial charge on any atom is 0.0766 e. The summed E-state index contributed by atoms with van der Waals surface area (Å²) in [6.07, 6.45) is 0. The third-order valence-corrected chi connectivity index (χ3v) is 3.11. The largest absolute Gasteiger partial charge is 0.325 e. The highest BCUT2D eigenvalue weighted by molar-refractivity contribution is 9.10. The van der Waals surface area contributed by atoms with E-state index in [1.54, 1.807) is 0 Å². The number of rotatable bonds is 2. The topological polar surface area (TPSA) is 43.8 Å². The van der Waals surface area contributed by atoms with Crippen molar-refractivity contribution in [3.63, 3.8) is 0 Å². The summed E-state index contributed by atoms with van der Waals surface area (Å²) in [6, 6.07) is 8.27. The number of benzene rings is 1. The monoisotopic (exact) mass is 279 g/mol. The minimum Gasteiger partial charge on any atom is -0.325 e. The van der Waals surface area contributed by atoms with Crippen LogP contribution in [-0.4, -0.2) is 9.78 Å². The SMILES string of the molecule is Cc1ccc(Br)cc1-c1cc(CN)nn1C. The summed E-state index contributed by atoms with van der Waals surface area (Å²) in [7, 11) is 1.94. The fourth-order valence-electron chi connectivity index (χ4n) is 1.75. The zero-order valence-electron chi connectivity index (χ0n) is 9.37. The smallest absolute Gasteiger partial charge is 0.0766 e. The normalized spacial score (nSPS) is 10.8. The van der Waals surface area contributed by atoms with Gasteiger partial charge in [0.2, 0.25) is 0 Å². The van der Waals surface area contributed by atoms with Crippen LogP contribution in [0.2, 0.25) is 0 Å². The lowest BCUT2D eigenvalue weighted by molar-refractivity contribution is 0.749. The van der Waals surface area contributed by atoms with Crippen molar-refractivity contribution in [3.05, 3.63) is 40.0 Å². The highest BCUT2D eigenvalue weighted by Crippen LogP contribution is 2.26. The van der Waals surface area contributed by atoms with E-state index in [-0.39, 0.29) is 0 Å². The predicted molar refractivity (Wildman–Crippen MR) is 69.0 cm³/mol. The lowest BCUT2D eigenvalue weighted by Crippen LogP contribution is -1.99. The van der Waals surface area contributed by atoms with Gasteiger partial charge in [0.15, 0.2) is 0 Å². The molecule has 0 fully saturated rings. The van der Waals surface area contributed by atoms with E-state index in [4.69, 9.17) is 5.73 Å². The molecule has 2 aromatic rings. The molecule has 2 rings (SSSR count). The average Bonchev–Trinajstić information content (AvgIpc) is 2.63. The van der Waals surface area contributed by atoms with E-state index in [0.29, 0.717) is 6.54 Å². The van der Waals surface area contributed by atoms with Gasteiger partial charge in [0.25, 0.3) is 0 Å². The van der Waals surface area contributed by atoms with Crippen LogP contribution in [0, 0.1) is 6.92 Å². The van der Waals surface area contributed by atoms with Gasteiger partial charge >= 0.3 is 0 Å². The molecule has 0 spiro atoms. The molecule has 4 heteroatoms. The lowest BCUT2D eigenvalue weighted by atomic mass is 10.1. The molecule has 1 aromatic carbocycles. The zero-order valence-corrected chi connectivity index (χ0v) is 11.0. The molecule has 1 heterocycles. The number of nitrogens with two attached hydrogens (primary N) is 1. The van der Waals surface area contributed by atoms with Crippen LogP contribution >= 0.6 is 15.9 Å². The van der Waals surface area contributed by atoms with Crippen LogP contribution in [0.3, 0.4) is 0 Å². The quantitative estimate of drug-likeness (QED) is 0.919. The Bertz CT molecular complexity index is 517. The summed E-state index contributed by atoms with van der Waals surface area (Å²) >= 11 is 3.49. The van der Waals surface area contributed by atoms with E-state index in [0.717, 1.165) is 15.9 Å². The fraction of sp³-hybridized carbons (Fsp3) is 0.250. The second-order valence-corrected chi connectivity index (χ2v) is 4.72. The molecule has 0 saturated carbocycles. The van der Waals surface area contributed by atoms with Gasteiger partial charge in [-0.3, -0.25) is 4.68 Å². The highest BCUT2D eigenvalue weighted by atomic mass is 79.9. The van der Waals surface area contributed by atoms with Crippen LogP contribution in [-0.2, 0) is 13.6 Å². The van der Waals surface area contributed by atoms with E-state index in [9.17, 15) is 0 Å². The minimum atomic E-state index is 0.473. The standard InChI is InChI=1S/C12H14BrN3/c1-8-3-4-9(13)5-11(8)12-6-10(7-14)15-16(12)2/h3-6H,7,14H2,1-2H3. The van der Waals surface area contributed by atoms with Crippen molar-refractivity contribution in [1.82, 2.24) is 9.78 Å². The Morgan fingerprint density at radius 2 is 2.12 bits per heavy atom. The molecule has 0 unspecified atom stereocenters. The molecule has 0 amide bonds. The summed E-state index contributed by atoms with van der Waals surface area (Å²) < 4.78 is 2.94. The van der Waals surface area contributed by atoms with Crippen molar-refractivity contribution < 1.29 is 0 Å². The summed E-state index contributed by atoms with van der Waals surface area (Å²) in [5.74, 6) is 0. The second-order valence-electron chi connectivity index (χ2n) is 3.81. The molecule has 0 aliphatic carbocycles. The van der Waals surface area contributed by atoms with Crippen molar-refractivity contribution in [2.75, 3.05) is 0 Å². The molecule has 0 saturated heterocycles. The van der Waals surface area contributed by atoms with Crippen molar-refractivity contribution in [3.8, 4) is 11.3 Å². The Labute approximate surface area is 103 Å². The summed E-state index contributed by atoms with van der Waals surface area (Å²) in [5, 5.41) is 4.35. The molecule has 1 aromatic heterocycles. The molecule has 0 atom stereocenters. The first-order valence-corrected chi connectivity index (χ1v) is 5.90. The number of hydrogen-bond acceptors (Lipinski definition) is 2. The van der Waals surface area contributed by atoms with Crippen LogP contribution in [0.15, 0.2) is 28.7 Å². The van der Waals surface area contributed by atoms with Crippen LogP contribution in [0.5, 0.6) is 0 Å². The maximum atomic E-state index is 5.59. The molecule has 0 aliphatic heterocycles. The average molecular weight is 280 g/mol. The van der Waals surface area contributed by atoms with E-state index in [1.165, 1.54) is 11.1 Å². The Balaban J connectivity index is 2.57. The molecule has 3 nitrogen and oxygen atoms in total. The highest BCUT2D eigenvalue weighted by Gasteiger charge is 2.09. The van der Waals surface area contributed by atoms with Gasteiger partial charge in [-0.2, -0.15) is 5.10 Å². The van der Waals surface area contributed by atoms with Gasteiger partial charge in [-0.05, 0) is 30.7 Å². The molecular weight excluding hydrogens is 266 g/mol.